The Morgan fingerprint density at radius 2 is 1.97 bits per heavy atom. The lowest BCUT2D eigenvalue weighted by atomic mass is 10.0. The van der Waals surface area contributed by atoms with Crippen LogP contribution in [0.2, 0.25) is 0 Å². The summed E-state index contributed by atoms with van der Waals surface area (Å²) in [6.07, 6.45) is 2.94. The Hall–Kier alpha value is -3.40. The summed E-state index contributed by atoms with van der Waals surface area (Å²) in [6.45, 7) is 10.6. The van der Waals surface area contributed by atoms with Crippen molar-refractivity contribution in [2.24, 2.45) is 5.84 Å². The summed E-state index contributed by atoms with van der Waals surface area (Å²) in [5.41, 5.74) is 4.33. The van der Waals surface area contributed by atoms with Crippen molar-refractivity contribution in [2.45, 2.75) is 32.3 Å². The number of nitrogens with zero attached hydrogens (tertiary/aromatic N) is 4. The van der Waals surface area contributed by atoms with Crippen LogP contribution in [-0.4, -0.2) is 59.3 Å². The van der Waals surface area contributed by atoms with Crippen LogP contribution in [0.25, 0.3) is 5.57 Å². The summed E-state index contributed by atoms with van der Waals surface area (Å²) in [5, 5.41) is 0. The summed E-state index contributed by atoms with van der Waals surface area (Å²) in [4.78, 5) is 24.5. The standard InChI is InChI=1S/C23H29FN6O3/c1-4-32-22(31)30-9-7-29(8-10-30)21-13-18(26-14-27-21)15(2)16-11-20(33-23(3)5-6-23)17(24)12-19(16)28-25/h11-14,28H,2,4-10,25H2,1,3H3. The van der Waals surface area contributed by atoms with Crippen molar-refractivity contribution in [3.8, 4) is 5.75 Å². The zero-order chi connectivity index (χ0) is 23.6. The van der Waals surface area contributed by atoms with Gasteiger partial charge >= 0.3 is 6.09 Å². The molecule has 1 amide bonds. The number of anilines is 2. The van der Waals surface area contributed by atoms with Crippen molar-refractivity contribution in [3.63, 3.8) is 0 Å². The Bertz CT molecular complexity index is 1050. The molecule has 9 nitrogen and oxygen atoms in total. The molecule has 1 aromatic heterocycles. The van der Waals surface area contributed by atoms with Gasteiger partial charge < -0.3 is 24.7 Å². The maximum absolute atomic E-state index is 14.6. The third-order valence-electron chi connectivity index (χ3n) is 5.95. The molecule has 2 aromatic rings. The molecule has 4 rings (SSSR count). The molecule has 0 radical (unpaired) electrons. The topological polar surface area (TPSA) is 106 Å². The van der Waals surface area contributed by atoms with Gasteiger partial charge in [0.15, 0.2) is 11.6 Å². The van der Waals surface area contributed by atoms with Crippen molar-refractivity contribution in [1.29, 1.82) is 0 Å². The summed E-state index contributed by atoms with van der Waals surface area (Å²) in [7, 11) is 0. The van der Waals surface area contributed by atoms with E-state index < -0.39 is 5.82 Å². The molecule has 10 heteroatoms. The molecule has 3 N–H and O–H groups in total. The number of nitrogens with one attached hydrogen (secondary N) is 1. The predicted octanol–water partition coefficient (Wildman–Crippen LogP) is 3.17. The molecule has 2 heterocycles. The average molecular weight is 457 g/mol. The van der Waals surface area contributed by atoms with Gasteiger partial charge in [-0.3, -0.25) is 5.84 Å². The van der Waals surface area contributed by atoms with Crippen molar-refractivity contribution >= 4 is 23.2 Å². The fourth-order valence-corrected chi connectivity index (χ4v) is 3.70. The van der Waals surface area contributed by atoms with Gasteiger partial charge in [0.05, 0.1) is 18.0 Å². The van der Waals surface area contributed by atoms with Gasteiger partial charge in [0, 0.05) is 49.4 Å². The normalized spacial score (nSPS) is 16.8. The van der Waals surface area contributed by atoms with E-state index in [-0.39, 0.29) is 17.4 Å². The van der Waals surface area contributed by atoms with Crippen LogP contribution < -0.4 is 20.9 Å². The molecule has 0 bridgehead atoms. The van der Waals surface area contributed by atoms with Gasteiger partial charge in [0.25, 0.3) is 0 Å². The highest BCUT2D eigenvalue weighted by atomic mass is 19.1. The van der Waals surface area contributed by atoms with E-state index in [1.54, 1.807) is 17.9 Å². The number of hydrogen-bond acceptors (Lipinski definition) is 8. The molecular formula is C23H29FN6O3. The van der Waals surface area contributed by atoms with Crippen LogP contribution in [0.15, 0.2) is 31.1 Å². The molecule has 2 fully saturated rings. The maximum Gasteiger partial charge on any atom is 0.409 e. The summed E-state index contributed by atoms with van der Waals surface area (Å²) >= 11 is 0. The molecule has 1 aliphatic heterocycles. The first-order chi connectivity index (χ1) is 15.8. The van der Waals surface area contributed by atoms with E-state index in [1.807, 2.05) is 13.0 Å². The van der Waals surface area contributed by atoms with E-state index >= 15 is 0 Å². The third kappa shape index (κ3) is 5.00. The zero-order valence-corrected chi connectivity index (χ0v) is 18.9. The Labute approximate surface area is 192 Å². The van der Waals surface area contributed by atoms with E-state index in [2.05, 4.69) is 26.9 Å². The van der Waals surface area contributed by atoms with Gasteiger partial charge in [-0.05, 0) is 32.8 Å². The van der Waals surface area contributed by atoms with Crippen LogP contribution in [0.4, 0.5) is 20.7 Å². The first kappa shape index (κ1) is 22.8. The molecule has 33 heavy (non-hydrogen) atoms. The number of nitrogen functional groups attached to an aromatic ring is 1. The Morgan fingerprint density at radius 1 is 1.24 bits per heavy atom. The third-order valence-corrected chi connectivity index (χ3v) is 5.95. The van der Waals surface area contributed by atoms with Crippen molar-refractivity contribution < 1.29 is 18.7 Å². The number of carbonyl (C=O) groups is 1. The molecule has 2 aliphatic rings. The van der Waals surface area contributed by atoms with E-state index in [1.165, 1.54) is 12.4 Å². The molecule has 1 saturated heterocycles. The highest BCUT2D eigenvalue weighted by molar-refractivity contribution is 5.84. The number of hydrogen-bond donors (Lipinski definition) is 2. The van der Waals surface area contributed by atoms with E-state index in [4.69, 9.17) is 15.3 Å². The number of ether oxygens (including phenoxy) is 2. The van der Waals surface area contributed by atoms with Gasteiger partial charge in [-0.2, -0.15) is 0 Å². The van der Waals surface area contributed by atoms with Crippen LogP contribution in [0.3, 0.4) is 0 Å². The van der Waals surface area contributed by atoms with E-state index in [0.717, 1.165) is 18.7 Å². The van der Waals surface area contributed by atoms with Crippen molar-refractivity contribution in [3.05, 3.63) is 48.2 Å². The van der Waals surface area contributed by atoms with Gasteiger partial charge in [0.2, 0.25) is 0 Å². The number of hydrazine groups is 1. The van der Waals surface area contributed by atoms with Gasteiger partial charge in [-0.25, -0.2) is 19.2 Å². The smallest absolute Gasteiger partial charge is 0.409 e. The Balaban J connectivity index is 1.53. The Kier molecular flexibility index (Phi) is 6.37. The molecular weight excluding hydrogens is 427 g/mol. The van der Waals surface area contributed by atoms with Gasteiger partial charge in [-0.15, -0.1) is 0 Å². The van der Waals surface area contributed by atoms with Gasteiger partial charge in [0.1, 0.15) is 17.7 Å². The zero-order valence-electron chi connectivity index (χ0n) is 18.9. The summed E-state index contributed by atoms with van der Waals surface area (Å²) in [6, 6.07) is 4.74. The maximum atomic E-state index is 14.6. The van der Waals surface area contributed by atoms with E-state index in [9.17, 15) is 9.18 Å². The second kappa shape index (κ2) is 9.22. The lowest BCUT2D eigenvalue weighted by Gasteiger charge is -2.34. The second-order valence-electron chi connectivity index (χ2n) is 8.44. The fourth-order valence-electron chi connectivity index (χ4n) is 3.70. The number of benzene rings is 1. The fraction of sp³-hybridized carbons (Fsp3) is 0.435. The number of nitrogens with two attached hydrogens (primary N) is 1. The first-order valence-electron chi connectivity index (χ1n) is 11.0. The minimum Gasteiger partial charge on any atom is -0.484 e. The van der Waals surface area contributed by atoms with Crippen LogP contribution >= 0.6 is 0 Å². The lowest BCUT2D eigenvalue weighted by Crippen LogP contribution is -2.49. The molecule has 1 saturated carbocycles. The summed E-state index contributed by atoms with van der Waals surface area (Å²) < 4.78 is 25.5. The number of amides is 1. The second-order valence-corrected chi connectivity index (χ2v) is 8.44. The highest BCUT2D eigenvalue weighted by Crippen LogP contribution is 2.42. The minimum absolute atomic E-state index is 0.162. The molecule has 0 atom stereocenters. The predicted molar refractivity (Wildman–Crippen MR) is 123 cm³/mol. The number of rotatable bonds is 7. The molecule has 1 aromatic carbocycles. The number of halogens is 1. The number of carbonyl (C=O) groups excluding carboxylic acids is 1. The number of aromatic nitrogens is 2. The minimum atomic E-state index is -0.490. The number of piperazine rings is 1. The molecule has 176 valence electrons. The van der Waals surface area contributed by atoms with Gasteiger partial charge in [-0.1, -0.05) is 6.58 Å². The first-order valence-corrected chi connectivity index (χ1v) is 11.0. The van der Waals surface area contributed by atoms with Crippen molar-refractivity contribution in [2.75, 3.05) is 43.1 Å². The van der Waals surface area contributed by atoms with Crippen molar-refractivity contribution in [1.82, 2.24) is 14.9 Å². The van der Waals surface area contributed by atoms with Crippen LogP contribution in [-0.2, 0) is 4.74 Å². The molecule has 0 unspecified atom stereocenters. The highest BCUT2D eigenvalue weighted by Gasteiger charge is 2.40. The van der Waals surface area contributed by atoms with Crippen LogP contribution in [0.1, 0.15) is 37.9 Å². The molecule has 1 aliphatic carbocycles. The average Bonchev–Trinajstić information content (AvgIpc) is 3.56. The SMILES string of the molecule is C=C(c1cc(N2CCN(C(=O)OCC)CC2)ncn1)c1cc(OC2(C)CC2)c(F)cc1NN. The Morgan fingerprint density at radius 3 is 2.61 bits per heavy atom. The monoisotopic (exact) mass is 456 g/mol. The molecule has 0 spiro atoms. The lowest BCUT2D eigenvalue weighted by molar-refractivity contribution is 0.105. The summed E-state index contributed by atoms with van der Waals surface area (Å²) in [5.74, 6) is 6.04. The quantitative estimate of drug-likeness (QED) is 0.483. The van der Waals surface area contributed by atoms with Crippen LogP contribution in [0.5, 0.6) is 5.75 Å². The largest absolute Gasteiger partial charge is 0.484 e. The van der Waals surface area contributed by atoms with Crippen LogP contribution in [0, 0.1) is 5.82 Å². The van der Waals surface area contributed by atoms with E-state index in [0.29, 0.717) is 55.3 Å².